The van der Waals surface area contributed by atoms with Crippen LogP contribution in [0.1, 0.15) is 11.1 Å². The van der Waals surface area contributed by atoms with Gasteiger partial charge >= 0.3 is 0 Å². The van der Waals surface area contributed by atoms with Crippen LogP contribution in [0.25, 0.3) is 22.5 Å². The van der Waals surface area contributed by atoms with Crippen molar-refractivity contribution >= 4 is 11.8 Å². The second-order valence-electron chi connectivity index (χ2n) is 7.62. The Morgan fingerprint density at radius 1 is 0.735 bits per heavy atom. The molecule has 0 aliphatic carbocycles. The maximum Gasteiger partial charge on any atom is 0.124 e. The van der Waals surface area contributed by atoms with Gasteiger partial charge in [-0.05, 0) is 53.6 Å². The molecule has 5 aromatic rings. The van der Waals surface area contributed by atoms with Crippen molar-refractivity contribution in [3.05, 3.63) is 127 Å². The molecule has 0 bridgehead atoms. The van der Waals surface area contributed by atoms with Gasteiger partial charge in [0.1, 0.15) is 5.75 Å². The van der Waals surface area contributed by atoms with E-state index < -0.39 is 0 Å². The van der Waals surface area contributed by atoms with Crippen LogP contribution in [-0.2, 0) is 27.5 Å². The van der Waals surface area contributed by atoms with E-state index in [1.165, 1.54) is 5.56 Å². The molecule has 0 radical (unpaired) electrons. The molecule has 3 aromatic carbocycles. The molecule has 0 saturated heterocycles. The Labute approximate surface area is 218 Å². The number of phenolic OH excluding ortho intramolecular Hbond substituents is 1. The molecule has 0 spiro atoms. The summed E-state index contributed by atoms with van der Waals surface area (Å²) in [7, 11) is 0. The summed E-state index contributed by atoms with van der Waals surface area (Å²) in [5.74, 6) is 0.222. The number of aromatic nitrogens is 2. The quantitative estimate of drug-likeness (QED) is 0.202. The summed E-state index contributed by atoms with van der Waals surface area (Å²) in [6, 6.07) is 37.2. The summed E-state index contributed by atoms with van der Waals surface area (Å²) in [5, 5.41) is 11.5. The van der Waals surface area contributed by atoms with Crippen molar-refractivity contribution in [2.75, 3.05) is 0 Å². The van der Waals surface area contributed by atoms with Crippen molar-refractivity contribution in [2.45, 2.75) is 16.3 Å². The molecule has 1 N–H and O–H groups in total. The predicted molar refractivity (Wildman–Crippen MR) is 133 cm³/mol. The van der Waals surface area contributed by atoms with Gasteiger partial charge in [-0.1, -0.05) is 71.3 Å². The van der Waals surface area contributed by atoms with E-state index >= 15 is 0 Å². The largest absolute Gasteiger partial charge is 0.507 e. The van der Waals surface area contributed by atoms with Gasteiger partial charge in [-0.25, -0.2) is 4.98 Å². The van der Waals surface area contributed by atoms with Gasteiger partial charge in [0.25, 0.3) is 0 Å². The van der Waals surface area contributed by atoms with Crippen LogP contribution < -0.4 is 0 Å². The second kappa shape index (κ2) is 11.3. The zero-order chi connectivity index (χ0) is 22.5. The zero-order valence-corrected chi connectivity index (χ0v) is 21.3. The maximum atomic E-state index is 10.6. The monoisotopic (exact) mass is 640 g/mol. The minimum atomic E-state index is 0. The molecule has 34 heavy (non-hydrogen) atoms. The molecule has 170 valence electrons. The number of rotatable bonds is 6. The van der Waals surface area contributed by atoms with E-state index in [9.17, 15) is 5.11 Å². The fourth-order valence-electron chi connectivity index (χ4n) is 3.64. The number of hydrogen-bond donors (Lipinski definition) is 1. The second-order valence-corrected chi connectivity index (χ2v) is 8.68. The summed E-state index contributed by atoms with van der Waals surface area (Å²) in [6.45, 7) is 0. The van der Waals surface area contributed by atoms with Crippen LogP contribution in [-0.4, -0.2) is 15.1 Å². The topological polar surface area (TPSA) is 46.0 Å². The third-order valence-electron chi connectivity index (χ3n) is 5.23. The first-order valence-electron chi connectivity index (χ1n) is 10.7. The molecular weight excluding hydrogens is 619 g/mol. The fraction of sp³-hybridized carbons (Fsp3) is 0.0345. The summed E-state index contributed by atoms with van der Waals surface area (Å²) in [6.07, 6.45) is 2.59. The molecule has 0 aliphatic heterocycles. The summed E-state index contributed by atoms with van der Waals surface area (Å²) in [5.41, 5.74) is 5.52. The Hall–Kier alpha value is -3.20. The van der Waals surface area contributed by atoms with Gasteiger partial charge in [-0.15, -0.1) is 29.8 Å². The molecule has 0 atom stereocenters. The summed E-state index contributed by atoms with van der Waals surface area (Å²) < 4.78 is 0. The van der Waals surface area contributed by atoms with Gasteiger partial charge in [0.15, 0.2) is 0 Å². The summed E-state index contributed by atoms with van der Waals surface area (Å²) in [4.78, 5) is 10.2. The minimum absolute atomic E-state index is 0. The smallest absolute Gasteiger partial charge is 0.124 e. The minimum Gasteiger partial charge on any atom is -0.507 e. The van der Waals surface area contributed by atoms with Crippen LogP contribution in [0.2, 0.25) is 0 Å². The third kappa shape index (κ3) is 5.83. The first-order chi connectivity index (χ1) is 16.2. The third-order valence-corrected chi connectivity index (χ3v) is 6.14. The van der Waals surface area contributed by atoms with E-state index in [4.69, 9.17) is 4.98 Å². The maximum absolute atomic E-state index is 10.6. The normalized spacial score (nSPS) is 10.5. The molecule has 5 rings (SSSR count). The molecule has 3 nitrogen and oxygen atoms in total. The Bertz CT molecular complexity index is 1380. The number of benzene rings is 3. The van der Waals surface area contributed by atoms with Crippen LogP contribution in [0.5, 0.6) is 5.75 Å². The SMILES string of the molecule is Oc1ccc(Cc2ccccc2)cc1-c1cccc(-c2[c-]c(Sc3ccccn3)ccc2)n1.[Pt]. The van der Waals surface area contributed by atoms with Crippen LogP contribution >= 0.6 is 11.8 Å². The van der Waals surface area contributed by atoms with E-state index in [0.717, 1.165) is 44.4 Å². The predicted octanol–water partition coefficient (Wildman–Crippen LogP) is 7.06. The Balaban J connectivity index is 0.00000274. The molecule has 0 unspecified atom stereocenters. The van der Waals surface area contributed by atoms with Crippen LogP contribution in [0.15, 0.2) is 119 Å². The van der Waals surface area contributed by atoms with Crippen molar-refractivity contribution in [3.63, 3.8) is 0 Å². The summed E-state index contributed by atoms with van der Waals surface area (Å²) >= 11 is 1.57. The fourth-order valence-corrected chi connectivity index (χ4v) is 4.43. The van der Waals surface area contributed by atoms with E-state index in [1.807, 2.05) is 84.9 Å². The van der Waals surface area contributed by atoms with Crippen molar-refractivity contribution in [1.29, 1.82) is 0 Å². The van der Waals surface area contributed by atoms with Gasteiger partial charge in [-0.3, -0.25) is 4.98 Å². The Morgan fingerprint density at radius 3 is 2.35 bits per heavy atom. The van der Waals surface area contributed by atoms with E-state index in [2.05, 4.69) is 23.2 Å². The number of phenols is 1. The van der Waals surface area contributed by atoms with Crippen LogP contribution in [0.4, 0.5) is 0 Å². The van der Waals surface area contributed by atoms with Crippen LogP contribution in [0.3, 0.4) is 0 Å². The van der Waals surface area contributed by atoms with E-state index in [1.54, 1.807) is 24.0 Å². The molecule has 0 amide bonds. The molecule has 2 aromatic heterocycles. The van der Waals surface area contributed by atoms with Gasteiger partial charge in [-0.2, -0.15) is 0 Å². The molecule has 2 heterocycles. The molecule has 5 heteroatoms. The van der Waals surface area contributed by atoms with Gasteiger partial charge in [0.2, 0.25) is 0 Å². The molecule has 0 fully saturated rings. The van der Waals surface area contributed by atoms with Crippen molar-refractivity contribution in [2.24, 2.45) is 0 Å². The number of pyridine rings is 2. The average Bonchev–Trinajstić information content (AvgIpc) is 2.87. The van der Waals surface area contributed by atoms with Crippen LogP contribution in [0, 0.1) is 6.07 Å². The van der Waals surface area contributed by atoms with E-state index in [-0.39, 0.29) is 26.8 Å². The van der Waals surface area contributed by atoms with Gasteiger partial charge in [0, 0.05) is 32.8 Å². The standard InChI is InChI=1S/C29H21N2OS.Pt/c32-28-16-15-22(18-21-8-2-1-3-9-21)19-25(28)27-13-7-12-26(31-27)23-10-6-11-24(20-23)33-29-14-4-5-17-30-29;/h1-17,19,32H,18H2;/q-1;. The molecule has 0 saturated carbocycles. The van der Waals surface area contributed by atoms with Crippen molar-refractivity contribution < 1.29 is 26.2 Å². The van der Waals surface area contributed by atoms with Gasteiger partial charge < -0.3 is 5.11 Å². The number of hydrogen-bond acceptors (Lipinski definition) is 4. The first kappa shape index (κ1) is 23.9. The molecule has 0 aliphatic rings. The van der Waals surface area contributed by atoms with Crippen molar-refractivity contribution in [3.8, 4) is 28.3 Å². The Morgan fingerprint density at radius 2 is 1.53 bits per heavy atom. The zero-order valence-electron chi connectivity index (χ0n) is 18.2. The Kier molecular flexibility index (Phi) is 7.95. The number of aromatic hydroxyl groups is 1. The van der Waals surface area contributed by atoms with E-state index in [0.29, 0.717) is 0 Å². The van der Waals surface area contributed by atoms with Crippen molar-refractivity contribution in [1.82, 2.24) is 9.97 Å². The first-order valence-corrected chi connectivity index (χ1v) is 11.5. The molecular formula is C29H21N2OPtS-. The number of nitrogens with zero attached hydrogens (tertiary/aromatic N) is 2. The average molecular weight is 641 g/mol. The van der Waals surface area contributed by atoms with Gasteiger partial charge in [0.05, 0.1) is 10.7 Å².